The van der Waals surface area contributed by atoms with Crippen molar-refractivity contribution in [2.24, 2.45) is 5.10 Å². The summed E-state index contributed by atoms with van der Waals surface area (Å²) in [5, 5.41) is 4.31. The summed E-state index contributed by atoms with van der Waals surface area (Å²) in [4.78, 5) is 19.4. The Bertz CT molecular complexity index is 992. The zero-order valence-electron chi connectivity index (χ0n) is 16.7. The van der Waals surface area contributed by atoms with Crippen LogP contribution in [0.15, 0.2) is 53.9 Å². The van der Waals surface area contributed by atoms with Crippen molar-refractivity contribution in [3.05, 3.63) is 65.7 Å². The molecule has 1 aliphatic rings. The number of rotatable bonds is 7. The maximum Gasteiger partial charge on any atom is 0.320 e. The number of nitrogens with one attached hydrogen (secondary N) is 1. The Labute approximate surface area is 174 Å². The second kappa shape index (κ2) is 9.75. The number of hydrazone groups is 1. The summed E-state index contributed by atoms with van der Waals surface area (Å²) in [6.45, 7) is 5.05. The Morgan fingerprint density at radius 1 is 1.13 bits per heavy atom. The van der Waals surface area contributed by atoms with Crippen molar-refractivity contribution in [2.45, 2.75) is 13.5 Å². The minimum Gasteiger partial charge on any atom is -0.455 e. The van der Waals surface area contributed by atoms with E-state index in [2.05, 4.69) is 41.4 Å². The third kappa shape index (κ3) is 5.48. The molecule has 30 heavy (non-hydrogen) atoms. The number of aromatic nitrogens is 4. The Hall–Kier alpha value is -3.59. The molecule has 1 aromatic carbocycles. The molecule has 0 unspecified atom stereocenters. The Kier molecular flexibility index (Phi) is 6.41. The highest BCUT2D eigenvalue weighted by Gasteiger charge is 2.16. The molecule has 0 amide bonds. The van der Waals surface area contributed by atoms with Crippen molar-refractivity contribution in [3.8, 4) is 6.01 Å². The molecule has 1 saturated heterocycles. The first-order chi connectivity index (χ1) is 14.8. The van der Waals surface area contributed by atoms with Gasteiger partial charge in [0.15, 0.2) is 18.2 Å². The summed E-state index contributed by atoms with van der Waals surface area (Å²) in [5.41, 5.74) is 5.16. The molecule has 0 atom stereocenters. The fourth-order valence-corrected chi connectivity index (χ4v) is 2.95. The Balaban J connectivity index is 1.51. The molecule has 3 aromatic rings. The largest absolute Gasteiger partial charge is 0.455 e. The predicted molar refractivity (Wildman–Crippen MR) is 114 cm³/mol. The molecule has 9 heteroatoms. The molecule has 0 saturated carbocycles. The van der Waals surface area contributed by atoms with Gasteiger partial charge in [-0.25, -0.2) is 9.97 Å². The number of morpholine rings is 1. The molecule has 0 radical (unpaired) electrons. The summed E-state index contributed by atoms with van der Waals surface area (Å²) < 4.78 is 11.2. The van der Waals surface area contributed by atoms with Crippen LogP contribution in [0.5, 0.6) is 6.01 Å². The average molecular weight is 405 g/mol. The van der Waals surface area contributed by atoms with E-state index in [9.17, 15) is 0 Å². The lowest BCUT2D eigenvalue weighted by molar-refractivity contribution is 0.122. The van der Waals surface area contributed by atoms with Crippen molar-refractivity contribution in [3.63, 3.8) is 0 Å². The van der Waals surface area contributed by atoms with Crippen molar-refractivity contribution in [1.82, 2.24) is 19.9 Å². The average Bonchev–Trinajstić information content (AvgIpc) is 2.79. The van der Waals surface area contributed by atoms with E-state index in [1.54, 1.807) is 24.7 Å². The number of hydrogen-bond donors (Lipinski definition) is 1. The molecule has 3 heterocycles. The van der Waals surface area contributed by atoms with E-state index < -0.39 is 0 Å². The van der Waals surface area contributed by atoms with Gasteiger partial charge in [0.05, 0.1) is 19.4 Å². The van der Waals surface area contributed by atoms with E-state index in [0.717, 1.165) is 24.5 Å². The van der Waals surface area contributed by atoms with Crippen molar-refractivity contribution in [2.75, 3.05) is 36.6 Å². The van der Waals surface area contributed by atoms with Crippen LogP contribution in [-0.4, -0.2) is 52.5 Å². The molecule has 0 aliphatic carbocycles. The monoisotopic (exact) mass is 405 g/mol. The Morgan fingerprint density at radius 3 is 2.77 bits per heavy atom. The number of aryl methyl sites for hydroxylation is 1. The zero-order chi connectivity index (χ0) is 20.6. The number of ether oxygens (including phenoxy) is 2. The minimum atomic E-state index is 0.180. The van der Waals surface area contributed by atoms with Crippen molar-refractivity contribution >= 4 is 17.9 Å². The van der Waals surface area contributed by atoms with E-state index in [4.69, 9.17) is 9.47 Å². The first-order valence-corrected chi connectivity index (χ1v) is 9.72. The summed E-state index contributed by atoms with van der Waals surface area (Å²) in [6.07, 6.45) is 5.09. The van der Waals surface area contributed by atoms with Crippen LogP contribution in [0.2, 0.25) is 0 Å². The van der Waals surface area contributed by atoms with Crippen LogP contribution in [0.1, 0.15) is 17.0 Å². The summed E-state index contributed by atoms with van der Waals surface area (Å²) in [7, 11) is 0. The van der Waals surface area contributed by atoms with Gasteiger partial charge in [-0.3, -0.25) is 5.43 Å². The van der Waals surface area contributed by atoms with E-state index in [0.29, 0.717) is 24.9 Å². The van der Waals surface area contributed by atoms with E-state index >= 15 is 0 Å². The summed E-state index contributed by atoms with van der Waals surface area (Å²) in [6, 6.07) is 11.9. The van der Waals surface area contributed by atoms with Crippen LogP contribution in [0.3, 0.4) is 0 Å². The third-order valence-electron chi connectivity index (χ3n) is 4.41. The number of nitrogens with zero attached hydrogens (tertiary/aromatic N) is 6. The fourth-order valence-electron chi connectivity index (χ4n) is 2.95. The smallest absolute Gasteiger partial charge is 0.320 e. The number of benzene rings is 1. The zero-order valence-corrected chi connectivity index (χ0v) is 16.7. The molecule has 2 aromatic heterocycles. The standard InChI is InChI=1S/C21H23N7O2/c1-16-4-2-5-17(12-16)14-24-27-18-13-20(28-8-10-29-11-9-28)26-21(25-18)30-15-19-22-6-3-7-23-19/h2-7,12-14H,8-11,15H2,1H3,(H,25,26,27). The molecule has 154 valence electrons. The topological polar surface area (TPSA) is 97.7 Å². The van der Waals surface area contributed by atoms with E-state index in [-0.39, 0.29) is 12.6 Å². The fraction of sp³-hybridized carbons (Fsp3) is 0.286. The van der Waals surface area contributed by atoms with Crippen LogP contribution in [0.4, 0.5) is 11.6 Å². The first kappa shape index (κ1) is 19.7. The van der Waals surface area contributed by atoms with Gasteiger partial charge in [-0.05, 0) is 18.6 Å². The van der Waals surface area contributed by atoms with Gasteiger partial charge in [-0.1, -0.05) is 29.8 Å². The number of anilines is 2. The van der Waals surface area contributed by atoms with Gasteiger partial charge >= 0.3 is 6.01 Å². The van der Waals surface area contributed by atoms with Crippen LogP contribution in [-0.2, 0) is 11.3 Å². The molecule has 0 bridgehead atoms. The summed E-state index contributed by atoms with van der Waals surface area (Å²) >= 11 is 0. The highest BCUT2D eigenvalue weighted by atomic mass is 16.5. The highest BCUT2D eigenvalue weighted by Crippen LogP contribution is 2.21. The highest BCUT2D eigenvalue weighted by molar-refractivity contribution is 5.80. The maximum absolute atomic E-state index is 5.75. The normalized spacial score (nSPS) is 14.1. The molecule has 9 nitrogen and oxygen atoms in total. The quantitative estimate of drug-likeness (QED) is 0.473. The maximum atomic E-state index is 5.75. The van der Waals surface area contributed by atoms with Gasteiger partial charge in [0.25, 0.3) is 0 Å². The lowest BCUT2D eigenvalue weighted by Gasteiger charge is -2.28. The van der Waals surface area contributed by atoms with Crippen LogP contribution >= 0.6 is 0 Å². The van der Waals surface area contributed by atoms with Crippen molar-refractivity contribution in [1.29, 1.82) is 0 Å². The SMILES string of the molecule is Cc1cccc(C=NNc2cc(N3CCOCC3)nc(OCc3ncccn3)n2)c1. The molecule has 1 aliphatic heterocycles. The second-order valence-electron chi connectivity index (χ2n) is 6.73. The molecular formula is C21H23N7O2. The molecule has 0 spiro atoms. The predicted octanol–water partition coefficient (Wildman–Crippen LogP) is 2.44. The molecule has 4 rings (SSSR count). The van der Waals surface area contributed by atoms with Gasteiger partial charge < -0.3 is 14.4 Å². The van der Waals surface area contributed by atoms with Gasteiger partial charge in [-0.15, -0.1) is 0 Å². The third-order valence-corrected chi connectivity index (χ3v) is 4.41. The van der Waals surface area contributed by atoms with Crippen molar-refractivity contribution < 1.29 is 9.47 Å². The van der Waals surface area contributed by atoms with Crippen LogP contribution in [0.25, 0.3) is 0 Å². The lowest BCUT2D eigenvalue weighted by Crippen LogP contribution is -2.36. The van der Waals surface area contributed by atoms with Crippen LogP contribution < -0.4 is 15.1 Å². The van der Waals surface area contributed by atoms with Gasteiger partial charge in [0, 0.05) is 31.5 Å². The first-order valence-electron chi connectivity index (χ1n) is 9.72. The van der Waals surface area contributed by atoms with Gasteiger partial charge in [0.2, 0.25) is 0 Å². The van der Waals surface area contributed by atoms with E-state index in [1.165, 1.54) is 5.56 Å². The lowest BCUT2D eigenvalue weighted by atomic mass is 10.2. The van der Waals surface area contributed by atoms with Crippen LogP contribution in [0, 0.1) is 6.92 Å². The number of hydrogen-bond acceptors (Lipinski definition) is 9. The minimum absolute atomic E-state index is 0.180. The summed E-state index contributed by atoms with van der Waals surface area (Å²) in [5.74, 6) is 1.86. The Morgan fingerprint density at radius 2 is 1.97 bits per heavy atom. The molecule has 1 N–H and O–H groups in total. The van der Waals surface area contributed by atoms with E-state index in [1.807, 2.05) is 31.2 Å². The van der Waals surface area contributed by atoms with Gasteiger partial charge in [0.1, 0.15) is 5.82 Å². The second-order valence-corrected chi connectivity index (χ2v) is 6.73. The molecule has 1 fully saturated rings. The molecular weight excluding hydrogens is 382 g/mol. The van der Waals surface area contributed by atoms with Gasteiger partial charge in [-0.2, -0.15) is 15.1 Å².